The molecule has 1 rings (SSSR count). The summed E-state index contributed by atoms with van der Waals surface area (Å²) < 4.78 is 6.15. The largest absolute Gasteiger partial charge is 0.372 e. The maximum Gasteiger partial charge on any atom is 0.0707 e. The first kappa shape index (κ1) is 18.9. The number of nitrogens with one attached hydrogen (secondary N) is 1. The predicted molar refractivity (Wildman–Crippen MR) is 91.0 cm³/mol. The normalized spacial score (nSPS) is 22.6. The van der Waals surface area contributed by atoms with Crippen molar-refractivity contribution in [2.45, 2.75) is 59.2 Å². The van der Waals surface area contributed by atoms with Crippen LogP contribution in [-0.2, 0) is 4.74 Å². The van der Waals surface area contributed by atoms with Gasteiger partial charge in [0, 0.05) is 13.1 Å². The van der Waals surface area contributed by atoms with Crippen LogP contribution in [-0.4, -0.2) is 74.4 Å². The van der Waals surface area contributed by atoms with Gasteiger partial charge in [0.05, 0.1) is 12.2 Å². The first-order chi connectivity index (χ1) is 10.2. The lowest BCUT2D eigenvalue weighted by atomic mass is 10.2. The fourth-order valence-corrected chi connectivity index (χ4v) is 3.09. The SMILES string of the molecule is CCNCC1CCC(CN(CC)CCCN(CC)CC)O1. The number of likely N-dealkylation sites (N-methyl/N-ethyl adjacent to an activating group) is 2. The minimum absolute atomic E-state index is 0.435. The Morgan fingerprint density at radius 3 is 2.14 bits per heavy atom. The Labute approximate surface area is 132 Å². The van der Waals surface area contributed by atoms with Crippen molar-refractivity contribution in [2.24, 2.45) is 0 Å². The van der Waals surface area contributed by atoms with E-state index in [9.17, 15) is 0 Å². The molecule has 1 fully saturated rings. The summed E-state index contributed by atoms with van der Waals surface area (Å²) in [4.78, 5) is 5.07. The van der Waals surface area contributed by atoms with E-state index in [0.29, 0.717) is 12.2 Å². The lowest BCUT2D eigenvalue weighted by Crippen LogP contribution is -2.36. The summed E-state index contributed by atoms with van der Waals surface area (Å²) in [6, 6.07) is 0. The van der Waals surface area contributed by atoms with E-state index >= 15 is 0 Å². The van der Waals surface area contributed by atoms with Crippen LogP contribution < -0.4 is 5.32 Å². The molecule has 0 aliphatic carbocycles. The summed E-state index contributed by atoms with van der Waals surface area (Å²) in [7, 11) is 0. The van der Waals surface area contributed by atoms with E-state index in [-0.39, 0.29) is 0 Å². The van der Waals surface area contributed by atoms with Crippen molar-refractivity contribution >= 4 is 0 Å². The molecule has 0 bridgehead atoms. The van der Waals surface area contributed by atoms with Crippen molar-refractivity contribution in [1.29, 1.82) is 0 Å². The van der Waals surface area contributed by atoms with Gasteiger partial charge in [-0.25, -0.2) is 0 Å². The molecule has 0 radical (unpaired) electrons. The smallest absolute Gasteiger partial charge is 0.0707 e. The second-order valence-corrected chi connectivity index (χ2v) is 6.04. The van der Waals surface area contributed by atoms with Crippen LogP contribution in [0.1, 0.15) is 47.0 Å². The molecular formula is C17H37N3O. The number of rotatable bonds is 12. The zero-order valence-corrected chi connectivity index (χ0v) is 14.7. The van der Waals surface area contributed by atoms with Crippen molar-refractivity contribution in [3.05, 3.63) is 0 Å². The number of hydrogen-bond donors (Lipinski definition) is 1. The van der Waals surface area contributed by atoms with E-state index in [1.807, 2.05) is 0 Å². The summed E-state index contributed by atoms with van der Waals surface area (Å²) in [5, 5.41) is 3.39. The highest BCUT2D eigenvalue weighted by Gasteiger charge is 2.26. The molecule has 1 saturated heterocycles. The van der Waals surface area contributed by atoms with Crippen LogP contribution in [0.5, 0.6) is 0 Å². The molecule has 2 atom stereocenters. The summed E-state index contributed by atoms with van der Waals surface area (Å²) >= 11 is 0. The second kappa shape index (κ2) is 11.4. The topological polar surface area (TPSA) is 27.7 Å². The van der Waals surface area contributed by atoms with Gasteiger partial charge in [-0.1, -0.05) is 27.7 Å². The van der Waals surface area contributed by atoms with Gasteiger partial charge in [0.25, 0.3) is 0 Å². The van der Waals surface area contributed by atoms with Gasteiger partial charge in [-0.15, -0.1) is 0 Å². The van der Waals surface area contributed by atoms with Crippen LogP contribution in [0.4, 0.5) is 0 Å². The van der Waals surface area contributed by atoms with Crippen LogP contribution in [0.25, 0.3) is 0 Å². The maximum absolute atomic E-state index is 6.15. The van der Waals surface area contributed by atoms with Gasteiger partial charge in [-0.05, 0) is 58.5 Å². The molecule has 1 aliphatic rings. The molecule has 1 heterocycles. The van der Waals surface area contributed by atoms with Gasteiger partial charge in [0.15, 0.2) is 0 Å². The Morgan fingerprint density at radius 2 is 1.52 bits per heavy atom. The lowest BCUT2D eigenvalue weighted by Gasteiger charge is -2.26. The number of nitrogens with zero attached hydrogens (tertiary/aromatic N) is 2. The Balaban J connectivity index is 2.19. The van der Waals surface area contributed by atoms with Gasteiger partial charge in [-0.3, -0.25) is 0 Å². The van der Waals surface area contributed by atoms with Crippen molar-refractivity contribution in [3.63, 3.8) is 0 Å². The van der Waals surface area contributed by atoms with E-state index in [4.69, 9.17) is 4.74 Å². The van der Waals surface area contributed by atoms with Crippen molar-refractivity contribution in [1.82, 2.24) is 15.1 Å². The number of hydrogen-bond acceptors (Lipinski definition) is 4. The van der Waals surface area contributed by atoms with Crippen molar-refractivity contribution in [2.75, 3.05) is 52.4 Å². The monoisotopic (exact) mass is 299 g/mol. The third-order valence-electron chi connectivity index (χ3n) is 4.57. The molecule has 4 nitrogen and oxygen atoms in total. The van der Waals surface area contributed by atoms with Gasteiger partial charge in [0.2, 0.25) is 0 Å². The summed E-state index contributed by atoms with van der Waals surface area (Å²) in [6.45, 7) is 18.0. The highest BCUT2D eigenvalue weighted by Crippen LogP contribution is 2.20. The van der Waals surface area contributed by atoms with E-state index in [0.717, 1.165) is 26.2 Å². The summed E-state index contributed by atoms with van der Waals surface area (Å²) in [5.74, 6) is 0. The third-order valence-corrected chi connectivity index (χ3v) is 4.57. The van der Waals surface area contributed by atoms with Crippen LogP contribution in [0.2, 0.25) is 0 Å². The molecule has 1 aliphatic heterocycles. The van der Waals surface area contributed by atoms with Gasteiger partial charge < -0.3 is 19.9 Å². The maximum atomic E-state index is 6.15. The molecule has 126 valence electrons. The van der Waals surface area contributed by atoms with E-state index in [1.54, 1.807) is 0 Å². The van der Waals surface area contributed by atoms with Crippen LogP contribution in [0.3, 0.4) is 0 Å². The Hall–Kier alpha value is -0.160. The lowest BCUT2D eigenvalue weighted by molar-refractivity contribution is 0.0239. The average Bonchev–Trinajstić information content (AvgIpc) is 2.95. The third kappa shape index (κ3) is 7.59. The quantitative estimate of drug-likeness (QED) is 0.598. The number of ether oxygens (including phenoxy) is 1. The van der Waals surface area contributed by atoms with Gasteiger partial charge in [-0.2, -0.15) is 0 Å². The fourth-order valence-electron chi connectivity index (χ4n) is 3.09. The molecule has 0 spiro atoms. The first-order valence-electron chi connectivity index (χ1n) is 9.04. The molecule has 0 saturated carbocycles. The Bertz CT molecular complexity index is 246. The first-order valence-corrected chi connectivity index (χ1v) is 9.04. The molecule has 4 heteroatoms. The molecule has 0 aromatic carbocycles. The minimum atomic E-state index is 0.435. The zero-order chi connectivity index (χ0) is 15.5. The Kier molecular flexibility index (Phi) is 10.3. The highest BCUT2D eigenvalue weighted by molar-refractivity contribution is 4.77. The van der Waals surface area contributed by atoms with Gasteiger partial charge >= 0.3 is 0 Å². The Morgan fingerprint density at radius 1 is 0.905 bits per heavy atom. The molecule has 2 unspecified atom stereocenters. The van der Waals surface area contributed by atoms with Gasteiger partial charge in [0.1, 0.15) is 0 Å². The second-order valence-electron chi connectivity index (χ2n) is 6.04. The van der Waals surface area contributed by atoms with Crippen molar-refractivity contribution in [3.8, 4) is 0 Å². The summed E-state index contributed by atoms with van der Waals surface area (Å²) in [6.07, 6.45) is 4.59. The molecular weight excluding hydrogens is 262 g/mol. The van der Waals surface area contributed by atoms with Crippen molar-refractivity contribution < 1.29 is 4.74 Å². The van der Waals surface area contributed by atoms with Crippen LogP contribution >= 0.6 is 0 Å². The molecule has 0 aromatic rings. The highest BCUT2D eigenvalue weighted by atomic mass is 16.5. The summed E-state index contributed by atoms with van der Waals surface area (Å²) in [5.41, 5.74) is 0. The predicted octanol–water partition coefficient (Wildman–Crippen LogP) is 2.20. The van der Waals surface area contributed by atoms with Crippen LogP contribution in [0.15, 0.2) is 0 Å². The molecule has 0 amide bonds. The van der Waals surface area contributed by atoms with Crippen LogP contribution in [0, 0.1) is 0 Å². The molecule has 0 aromatic heterocycles. The standard InChI is InChI=1S/C17H37N3O/c1-5-18-14-16-10-11-17(21-16)15-20(8-4)13-9-12-19(6-2)7-3/h16-18H,5-15H2,1-4H3. The fraction of sp³-hybridized carbons (Fsp3) is 1.00. The zero-order valence-electron chi connectivity index (χ0n) is 14.7. The molecule has 1 N–H and O–H groups in total. The molecule has 21 heavy (non-hydrogen) atoms. The van der Waals surface area contributed by atoms with E-state index in [2.05, 4.69) is 42.8 Å². The van der Waals surface area contributed by atoms with E-state index < -0.39 is 0 Å². The van der Waals surface area contributed by atoms with E-state index in [1.165, 1.54) is 45.4 Å². The minimum Gasteiger partial charge on any atom is -0.372 e. The average molecular weight is 300 g/mol.